The number of hydrogen-bond acceptors (Lipinski definition) is 3. The van der Waals surface area contributed by atoms with E-state index in [1.54, 1.807) is 22.6 Å². The van der Waals surface area contributed by atoms with Crippen LogP contribution in [0.25, 0.3) is 0 Å². The van der Waals surface area contributed by atoms with Crippen LogP contribution in [0.4, 0.5) is 18.0 Å². The molecule has 1 aliphatic rings. The topological polar surface area (TPSA) is 62.7 Å². The predicted molar refractivity (Wildman–Crippen MR) is 70.6 cm³/mol. The molecule has 0 aromatic carbocycles. The van der Waals surface area contributed by atoms with Gasteiger partial charge >= 0.3 is 12.3 Å². The fourth-order valence-electron chi connectivity index (χ4n) is 1.85. The highest BCUT2D eigenvalue weighted by Gasteiger charge is 2.34. The normalized spacial score (nSPS) is 19.2. The molecule has 1 aliphatic heterocycles. The van der Waals surface area contributed by atoms with E-state index in [0.29, 0.717) is 16.5 Å². The monoisotopic (exact) mass is 402 g/mol. The first-order chi connectivity index (χ1) is 9.25. The van der Waals surface area contributed by atoms with Crippen LogP contribution in [0.5, 0.6) is 5.88 Å². The van der Waals surface area contributed by atoms with E-state index >= 15 is 0 Å². The lowest BCUT2D eigenvalue weighted by molar-refractivity contribution is -0.141. The third-order valence-electron chi connectivity index (χ3n) is 2.76. The third-order valence-corrected chi connectivity index (χ3v) is 3.38. The molecule has 1 fully saturated rings. The van der Waals surface area contributed by atoms with E-state index in [-0.39, 0.29) is 12.4 Å². The van der Waals surface area contributed by atoms with Gasteiger partial charge in [0.25, 0.3) is 0 Å². The fraction of sp³-hybridized carbons (Fsp3) is 0.455. The number of ether oxygens (including phenoxy) is 1. The average molecular weight is 402 g/mol. The van der Waals surface area contributed by atoms with Crippen LogP contribution in [0.1, 0.15) is 12.1 Å². The van der Waals surface area contributed by atoms with E-state index in [9.17, 15) is 18.0 Å². The summed E-state index contributed by atoms with van der Waals surface area (Å²) in [5.41, 5.74) is -1.02. The summed E-state index contributed by atoms with van der Waals surface area (Å²) in [5.74, 6) is -0.138. The Labute approximate surface area is 125 Å². The van der Waals surface area contributed by atoms with E-state index in [0.717, 1.165) is 11.0 Å². The first-order valence-corrected chi connectivity index (χ1v) is 6.73. The van der Waals surface area contributed by atoms with Crippen LogP contribution < -0.4 is 4.74 Å². The Balaban J connectivity index is 2.11. The van der Waals surface area contributed by atoms with Gasteiger partial charge in [0.2, 0.25) is 5.88 Å². The number of aromatic nitrogens is 1. The minimum Gasteiger partial charge on any atom is -0.472 e. The maximum Gasteiger partial charge on any atom is 0.433 e. The fourth-order valence-corrected chi connectivity index (χ4v) is 2.41. The standard InChI is InChI=1S/C11H10F3IN2O3/c12-11(13,14)8-3-6(15)4-9(16-8)20-7-1-2-17(5-7)10(18)19/h3-4,7H,1-2,5H2,(H,18,19)/t7-/m0/s1. The van der Waals surface area contributed by atoms with E-state index in [1.807, 2.05) is 0 Å². The molecule has 2 rings (SSSR count). The van der Waals surface area contributed by atoms with Crippen molar-refractivity contribution in [1.82, 2.24) is 9.88 Å². The molecule has 0 unspecified atom stereocenters. The van der Waals surface area contributed by atoms with Crippen molar-refractivity contribution >= 4 is 28.7 Å². The van der Waals surface area contributed by atoms with E-state index < -0.39 is 24.1 Å². The molecular weight excluding hydrogens is 392 g/mol. The van der Waals surface area contributed by atoms with Gasteiger partial charge in [-0.15, -0.1) is 0 Å². The highest BCUT2D eigenvalue weighted by Crippen LogP contribution is 2.31. The van der Waals surface area contributed by atoms with Crippen LogP contribution in [-0.4, -0.2) is 40.3 Å². The SMILES string of the molecule is O=C(O)N1CC[C@H](Oc2cc(I)cc(C(F)(F)F)n2)C1. The van der Waals surface area contributed by atoms with Gasteiger partial charge in [-0.2, -0.15) is 13.2 Å². The lowest BCUT2D eigenvalue weighted by Gasteiger charge is -2.15. The molecule has 5 nitrogen and oxygen atoms in total. The van der Waals surface area contributed by atoms with Gasteiger partial charge in [0.1, 0.15) is 11.8 Å². The van der Waals surface area contributed by atoms with Crippen molar-refractivity contribution in [3.8, 4) is 5.88 Å². The molecule has 0 spiro atoms. The summed E-state index contributed by atoms with van der Waals surface area (Å²) in [6, 6.07) is 2.31. The largest absolute Gasteiger partial charge is 0.472 e. The molecular formula is C11H10F3IN2O3. The molecule has 110 valence electrons. The quantitative estimate of drug-likeness (QED) is 0.774. The lowest BCUT2D eigenvalue weighted by atomic mass is 10.3. The second kappa shape index (κ2) is 5.62. The Morgan fingerprint density at radius 2 is 2.20 bits per heavy atom. The number of nitrogens with zero attached hydrogens (tertiary/aromatic N) is 2. The number of alkyl halides is 3. The first-order valence-electron chi connectivity index (χ1n) is 5.65. The maximum atomic E-state index is 12.6. The smallest absolute Gasteiger partial charge is 0.433 e. The van der Waals surface area contributed by atoms with E-state index in [1.165, 1.54) is 6.07 Å². The molecule has 9 heteroatoms. The molecule has 0 saturated carbocycles. The van der Waals surface area contributed by atoms with Crippen LogP contribution in [0.2, 0.25) is 0 Å². The number of hydrogen-bond donors (Lipinski definition) is 1. The molecule has 0 radical (unpaired) electrons. The van der Waals surface area contributed by atoms with Crippen LogP contribution in [0.3, 0.4) is 0 Å². The maximum absolute atomic E-state index is 12.6. The van der Waals surface area contributed by atoms with Crippen LogP contribution in [0, 0.1) is 3.57 Å². The minimum absolute atomic E-state index is 0.129. The van der Waals surface area contributed by atoms with Crippen LogP contribution in [-0.2, 0) is 6.18 Å². The highest BCUT2D eigenvalue weighted by molar-refractivity contribution is 14.1. The van der Waals surface area contributed by atoms with Crippen LogP contribution >= 0.6 is 22.6 Å². The van der Waals surface area contributed by atoms with Crippen molar-refractivity contribution in [2.45, 2.75) is 18.7 Å². The number of rotatable bonds is 2. The number of halogens is 4. The van der Waals surface area contributed by atoms with Gasteiger partial charge in [0.05, 0.1) is 6.54 Å². The minimum atomic E-state index is -4.54. The molecule has 0 bridgehead atoms. The van der Waals surface area contributed by atoms with Crippen molar-refractivity contribution in [3.05, 3.63) is 21.4 Å². The van der Waals surface area contributed by atoms with Gasteiger partial charge in [-0.05, 0) is 28.7 Å². The Morgan fingerprint density at radius 3 is 2.75 bits per heavy atom. The number of pyridine rings is 1. The Hall–Kier alpha value is -1.26. The van der Waals surface area contributed by atoms with Gasteiger partial charge in [0.15, 0.2) is 0 Å². The zero-order valence-corrected chi connectivity index (χ0v) is 12.2. The summed E-state index contributed by atoms with van der Waals surface area (Å²) in [5, 5.41) is 8.80. The number of amides is 1. The van der Waals surface area contributed by atoms with Crippen molar-refractivity contribution in [1.29, 1.82) is 0 Å². The number of carbonyl (C=O) groups is 1. The summed E-state index contributed by atoms with van der Waals surface area (Å²) < 4.78 is 43.6. The van der Waals surface area contributed by atoms with Gasteiger partial charge in [0, 0.05) is 22.6 Å². The Bertz CT molecular complexity index is 524. The van der Waals surface area contributed by atoms with Gasteiger partial charge in [-0.1, -0.05) is 0 Å². The Morgan fingerprint density at radius 1 is 1.50 bits per heavy atom. The molecule has 2 heterocycles. The molecule has 1 atom stereocenters. The predicted octanol–water partition coefficient (Wildman–Crippen LogP) is 2.84. The highest BCUT2D eigenvalue weighted by atomic mass is 127. The zero-order valence-electron chi connectivity index (χ0n) is 10.0. The second-order valence-corrected chi connectivity index (χ2v) is 5.51. The van der Waals surface area contributed by atoms with Crippen molar-refractivity contribution < 1.29 is 27.8 Å². The first kappa shape index (κ1) is 15.1. The number of carboxylic acid groups (broad SMARTS) is 1. The van der Waals surface area contributed by atoms with Crippen LogP contribution in [0.15, 0.2) is 12.1 Å². The summed E-state index contributed by atoms with van der Waals surface area (Å²) in [7, 11) is 0. The van der Waals surface area contributed by atoms with Crippen molar-refractivity contribution in [2.24, 2.45) is 0 Å². The van der Waals surface area contributed by atoms with Gasteiger partial charge in [-0.25, -0.2) is 9.78 Å². The molecule has 0 aliphatic carbocycles. The molecule has 1 N–H and O–H groups in total. The van der Waals surface area contributed by atoms with E-state index in [4.69, 9.17) is 9.84 Å². The van der Waals surface area contributed by atoms with E-state index in [2.05, 4.69) is 4.98 Å². The average Bonchev–Trinajstić information content (AvgIpc) is 2.75. The van der Waals surface area contributed by atoms with Gasteiger partial charge in [-0.3, -0.25) is 0 Å². The molecule has 1 aromatic heterocycles. The summed E-state index contributed by atoms with van der Waals surface area (Å²) in [4.78, 5) is 15.3. The summed E-state index contributed by atoms with van der Waals surface area (Å²) in [6.07, 6.45) is -5.65. The molecule has 1 aromatic rings. The lowest BCUT2D eigenvalue weighted by Crippen LogP contribution is -2.29. The number of likely N-dealkylation sites (tertiary alicyclic amines) is 1. The zero-order chi connectivity index (χ0) is 14.9. The molecule has 20 heavy (non-hydrogen) atoms. The van der Waals surface area contributed by atoms with Crippen molar-refractivity contribution in [2.75, 3.05) is 13.1 Å². The van der Waals surface area contributed by atoms with Crippen molar-refractivity contribution in [3.63, 3.8) is 0 Å². The molecule has 1 amide bonds. The van der Waals surface area contributed by atoms with Gasteiger partial charge < -0.3 is 14.7 Å². The molecule has 1 saturated heterocycles. The second-order valence-electron chi connectivity index (χ2n) is 4.26. The third kappa shape index (κ3) is 3.64. The summed E-state index contributed by atoms with van der Waals surface area (Å²) in [6.45, 7) is 0.430. The summed E-state index contributed by atoms with van der Waals surface area (Å²) >= 11 is 1.75. The Kier molecular flexibility index (Phi) is 4.25.